The average Bonchev–Trinajstić information content (AvgIpc) is 2.29. The third kappa shape index (κ3) is 3.05. The third-order valence-corrected chi connectivity index (χ3v) is 3.54. The number of anilines is 2. The van der Waals surface area contributed by atoms with E-state index in [1.165, 1.54) is 12.8 Å². The largest absolute Gasteiger partial charge is 0.399 e. The monoisotopic (exact) mass is 254 g/mol. The molecule has 0 aromatic heterocycles. The van der Waals surface area contributed by atoms with Gasteiger partial charge in [-0.05, 0) is 37.0 Å². The molecule has 3 nitrogen and oxygen atoms in total. The highest BCUT2D eigenvalue weighted by Gasteiger charge is 2.21. The van der Waals surface area contributed by atoms with Gasteiger partial charge in [0.2, 0.25) is 0 Å². The number of nitrogens with zero attached hydrogens (tertiary/aromatic N) is 1. The van der Waals surface area contributed by atoms with Crippen LogP contribution >= 0.6 is 11.6 Å². The summed E-state index contributed by atoms with van der Waals surface area (Å²) < 4.78 is 5.24. The molecule has 1 aliphatic heterocycles. The van der Waals surface area contributed by atoms with E-state index in [9.17, 15) is 0 Å². The molecule has 1 aromatic rings. The minimum absolute atomic E-state index is 0.599. The zero-order valence-electron chi connectivity index (χ0n) is 10.2. The highest BCUT2D eigenvalue weighted by atomic mass is 35.5. The van der Waals surface area contributed by atoms with Crippen LogP contribution in [0.15, 0.2) is 18.2 Å². The fourth-order valence-corrected chi connectivity index (χ4v) is 2.74. The maximum Gasteiger partial charge on any atom is 0.0660 e. The smallest absolute Gasteiger partial charge is 0.0660 e. The molecule has 17 heavy (non-hydrogen) atoms. The van der Waals surface area contributed by atoms with Gasteiger partial charge >= 0.3 is 0 Å². The molecule has 1 saturated heterocycles. The van der Waals surface area contributed by atoms with E-state index in [0.29, 0.717) is 11.6 Å². The molecule has 4 heteroatoms. The van der Waals surface area contributed by atoms with Crippen LogP contribution in [0.3, 0.4) is 0 Å². The summed E-state index contributed by atoms with van der Waals surface area (Å²) in [6, 6.07) is 5.73. The van der Waals surface area contributed by atoms with Crippen LogP contribution < -0.4 is 10.6 Å². The van der Waals surface area contributed by atoms with Crippen LogP contribution in [0.1, 0.15) is 12.8 Å². The maximum atomic E-state index is 6.23. The zero-order valence-corrected chi connectivity index (χ0v) is 10.9. The number of nitrogen functional groups attached to an aromatic ring is 1. The minimum atomic E-state index is 0.599. The van der Waals surface area contributed by atoms with Crippen molar-refractivity contribution in [2.24, 2.45) is 5.92 Å². The molecule has 2 N–H and O–H groups in total. The van der Waals surface area contributed by atoms with Gasteiger partial charge < -0.3 is 15.4 Å². The molecule has 0 saturated carbocycles. The van der Waals surface area contributed by atoms with E-state index < -0.39 is 0 Å². The lowest BCUT2D eigenvalue weighted by Crippen LogP contribution is -2.37. The predicted molar refractivity (Wildman–Crippen MR) is 72.7 cm³/mol. The van der Waals surface area contributed by atoms with E-state index in [-0.39, 0.29) is 0 Å². The van der Waals surface area contributed by atoms with Crippen molar-refractivity contribution in [3.8, 4) is 0 Å². The topological polar surface area (TPSA) is 38.5 Å². The number of ether oxygens (including phenoxy) is 1. The lowest BCUT2D eigenvalue weighted by atomic mass is 9.98. The summed E-state index contributed by atoms with van der Waals surface area (Å²) in [6.07, 6.45) is 2.42. The first-order valence-electron chi connectivity index (χ1n) is 5.99. The van der Waals surface area contributed by atoms with E-state index in [0.717, 1.165) is 30.4 Å². The molecule has 0 spiro atoms. The lowest BCUT2D eigenvalue weighted by molar-refractivity contribution is 0.143. The fraction of sp³-hybridized carbons (Fsp3) is 0.538. The van der Waals surface area contributed by atoms with Gasteiger partial charge in [0.15, 0.2) is 0 Å². The summed E-state index contributed by atoms with van der Waals surface area (Å²) in [6.45, 7) is 2.89. The summed E-state index contributed by atoms with van der Waals surface area (Å²) in [5.41, 5.74) is 7.51. The van der Waals surface area contributed by atoms with Gasteiger partial charge in [-0.15, -0.1) is 0 Å². The summed E-state index contributed by atoms with van der Waals surface area (Å²) in [4.78, 5) is 2.33. The second-order valence-corrected chi connectivity index (χ2v) is 5.03. The van der Waals surface area contributed by atoms with Crippen molar-refractivity contribution in [1.82, 2.24) is 0 Å². The highest BCUT2D eigenvalue weighted by molar-refractivity contribution is 6.33. The number of hydrogen-bond acceptors (Lipinski definition) is 3. The summed E-state index contributed by atoms with van der Waals surface area (Å²) >= 11 is 6.23. The van der Waals surface area contributed by atoms with Gasteiger partial charge in [-0.1, -0.05) is 11.6 Å². The van der Waals surface area contributed by atoms with Crippen LogP contribution in [0.5, 0.6) is 0 Å². The first-order valence-corrected chi connectivity index (χ1v) is 6.37. The Morgan fingerprint density at radius 2 is 2.35 bits per heavy atom. The average molecular weight is 255 g/mol. The molecule has 1 heterocycles. The quantitative estimate of drug-likeness (QED) is 0.843. The van der Waals surface area contributed by atoms with Gasteiger partial charge in [-0.2, -0.15) is 0 Å². The van der Waals surface area contributed by atoms with E-state index in [1.807, 2.05) is 18.2 Å². The number of nitrogens with two attached hydrogens (primary N) is 1. The summed E-state index contributed by atoms with van der Waals surface area (Å²) in [7, 11) is 1.76. The first kappa shape index (κ1) is 12.5. The zero-order chi connectivity index (χ0) is 12.3. The van der Waals surface area contributed by atoms with E-state index >= 15 is 0 Å². The molecular weight excluding hydrogens is 236 g/mol. The highest BCUT2D eigenvalue weighted by Crippen LogP contribution is 2.31. The van der Waals surface area contributed by atoms with Crippen LogP contribution in [-0.4, -0.2) is 26.8 Å². The van der Waals surface area contributed by atoms with Crippen LogP contribution in [0.4, 0.5) is 11.4 Å². The molecule has 1 aliphatic rings. The van der Waals surface area contributed by atoms with Crippen LogP contribution in [-0.2, 0) is 4.74 Å². The van der Waals surface area contributed by atoms with Crippen molar-refractivity contribution in [1.29, 1.82) is 0 Å². The van der Waals surface area contributed by atoms with Gasteiger partial charge in [0.25, 0.3) is 0 Å². The van der Waals surface area contributed by atoms with Crippen molar-refractivity contribution in [2.45, 2.75) is 12.8 Å². The SMILES string of the molecule is COCC1CCCN(c2ccc(N)cc2Cl)C1. The molecule has 0 bridgehead atoms. The standard InChI is InChI=1S/C13H19ClN2O/c1-17-9-10-3-2-6-16(8-10)13-5-4-11(15)7-12(13)14/h4-5,7,10H,2-3,6,8-9,15H2,1H3. The second-order valence-electron chi connectivity index (χ2n) is 4.62. The Hall–Kier alpha value is -0.930. The lowest BCUT2D eigenvalue weighted by Gasteiger charge is -2.34. The minimum Gasteiger partial charge on any atom is -0.399 e. The number of halogens is 1. The summed E-state index contributed by atoms with van der Waals surface area (Å²) in [5, 5.41) is 0.739. The Kier molecular flexibility index (Phi) is 4.13. The molecule has 1 unspecified atom stereocenters. The second kappa shape index (κ2) is 5.61. The number of methoxy groups -OCH3 is 1. The van der Waals surface area contributed by atoms with E-state index in [2.05, 4.69) is 4.90 Å². The number of rotatable bonds is 3. The summed E-state index contributed by atoms with van der Waals surface area (Å²) in [5.74, 6) is 0.599. The maximum absolute atomic E-state index is 6.23. The number of benzene rings is 1. The third-order valence-electron chi connectivity index (χ3n) is 3.23. The van der Waals surface area contributed by atoms with E-state index in [1.54, 1.807) is 7.11 Å². The Bertz CT molecular complexity index is 382. The molecule has 2 rings (SSSR count). The Morgan fingerprint density at radius 1 is 1.53 bits per heavy atom. The van der Waals surface area contributed by atoms with Crippen LogP contribution in [0.2, 0.25) is 5.02 Å². The molecule has 1 fully saturated rings. The molecular formula is C13H19ClN2O. The van der Waals surface area contributed by atoms with Crippen molar-refractivity contribution >= 4 is 23.0 Å². The Balaban J connectivity index is 2.10. The van der Waals surface area contributed by atoms with Crippen LogP contribution in [0, 0.1) is 5.92 Å². The van der Waals surface area contributed by atoms with Crippen molar-refractivity contribution in [3.63, 3.8) is 0 Å². The van der Waals surface area contributed by atoms with Crippen LogP contribution in [0.25, 0.3) is 0 Å². The van der Waals surface area contributed by atoms with Gasteiger partial charge in [0.1, 0.15) is 0 Å². The van der Waals surface area contributed by atoms with Gasteiger partial charge in [-0.3, -0.25) is 0 Å². The van der Waals surface area contributed by atoms with Gasteiger partial charge in [0.05, 0.1) is 17.3 Å². The first-order chi connectivity index (χ1) is 8.20. The van der Waals surface area contributed by atoms with Crippen molar-refractivity contribution in [2.75, 3.05) is 37.4 Å². The van der Waals surface area contributed by atoms with Crippen molar-refractivity contribution in [3.05, 3.63) is 23.2 Å². The van der Waals surface area contributed by atoms with Crippen molar-refractivity contribution < 1.29 is 4.74 Å². The van der Waals surface area contributed by atoms with Gasteiger partial charge in [0, 0.05) is 25.9 Å². The fourth-order valence-electron chi connectivity index (χ4n) is 2.44. The Morgan fingerprint density at radius 3 is 3.06 bits per heavy atom. The number of piperidine rings is 1. The number of hydrogen-bond donors (Lipinski definition) is 1. The van der Waals surface area contributed by atoms with E-state index in [4.69, 9.17) is 22.1 Å². The molecule has 1 aromatic carbocycles. The molecule has 1 atom stereocenters. The Labute approximate surface area is 107 Å². The molecule has 0 aliphatic carbocycles. The molecule has 94 valence electrons. The predicted octanol–water partition coefficient (Wildman–Crippen LogP) is 2.79. The van der Waals surface area contributed by atoms with Gasteiger partial charge in [-0.25, -0.2) is 0 Å². The normalized spacial score (nSPS) is 20.6. The molecule has 0 radical (unpaired) electrons. The molecule has 0 amide bonds.